The predicted molar refractivity (Wildman–Crippen MR) is 92.3 cm³/mol. The number of ether oxygens (including phenoxy) is 2. The molecule has 0 bridgehead atoms. The zero-order valence-corrected chi connectivity index (χ0v) is 14.0. The second kappa shape index (κ2) is 8.15. The lowest BCUT2D eigenvalue weighted by Gasteiger charge is -2.15. The molecule has 2 aromatic rings. The van der Waals surface area contributed by atoms with E-state index in [0.717, 1.165) is 5.56 Å². The van der Waals surface area contributed by atoms with Crippen LogP contribution in [0, 0.1) is 6.92 Å². The Morgan fingerprint density at radius 1 is 1.12 bits per heavy atom. The van der Waals surface area contributed by atoms with Gasteiger partial charge in [0.1, 0.15) is 5.75 Å². The second-order valence-electron chi connectivity index (χ2n) is 5.36. The van der Waals surface area contributed by atoms with E-state index in [2.05, 4.69) is 5.32 Å². The third-order valence-corrected chi connectivity index (χ3v) is 3.34. The van der Waals surface area contributed by atoms with Crippen LogP contribution in [0.2, 0.25) is 0 Å². The third-order valence-electron chi connectivity index (χ3n) is 3.34. The molecule has 1 N–H and O–H groups in total. The van der Waals surface area contributed by atoms with Gasteiger partial charge in [-0.05, 0) is 62.7 Å². The van der Waals surface area contributed by atoms with Gasteiger partial charge in [-0.1, -0.05) is 12.1 Å². The summed E-state index contributed by atoms with van der Waals surface area (Å²) < 4.78 is 10.6. The molecule has 1 amide bonds. The fourth-order valence-electron chi connectivity index (χ4n) is 2.09. The first-order chi connectivity index (χ1) is 11.5. The van der Waals surface area contributed by atoms with Crippen molar-refractivity contribution in [1.82, 2.24) is 0 Å². The molecule has 5 nitrogen and oxygen atoms in total. The highest BCUT2D eigenvalue weighted by atomic mass is 16.5. The van der Waals surface area contributed by atoms with Crippen molar-refractivity contribution in [2.45, 2.75) is 26.9 Å². The lowest BCUT2D eigenvalue weighted by Crippen LogP contribution is -2.30. The molecule has 0 radical (unpaired) electrons. The quantitative estimate of drug-likeness (QED) is 0.824. The minimum absolute atomic E-state index is 0.264. The van der Waals surface area contributed by atoms with Crippen LogP contribution in [0.5, 0.6) is 5.75 Å². The number of amides is 1. The van der Waals surface area contributed by atoms with Crippen molar-refractivity contribution in [1.29, 1.82) is 0 Å². The molecule has 0 aromatic heterocycles. The van der Waals surface area contributed by atoms with Gasteiger partial charge in [0.2, 0.25) is 0 Å². The summed E-state index contributed by atoms with van der Waals surface area (Å²) in [5.74, 6) is 0.00206. The van der Waals surface area contributed by atoms with Gasteiger partial charge in [-0.2, -0.15) is 0 Å². The highest BCUT2D eigenvalue weighted by molar-refractivity contribution is 5.95. The van der Waals surface area contributed by atoms with Gasteiger partial charge < -0.3 is 14.8 Å². The van der Waals surface area contributed by atoms with Gasteiger partial charge in [0, 0.05) is 5.69 Å². The molecular weight excluding hydrogens is 306 g/mol. The SMILES string of the molecule is CCOC(=O)c1ccc(NC(=O)[C@H](C)Oc2cccc(C)c2)cc1. The van der Waals surface area contributed by atoms with E-state index in [-0.39, 0.29) is 11.9 Å². The molecule has 126 valence electrons. The van der Waals surface area contributed by atoms with E-state index < -0.39 is 6.10 Å². The minimum atomic E-state index is -0.642. The Balaban J connectivity index is 1.94. The largest absolute Gasteiger partial charge is 0.481 e. The van der Waals surface area contributed by atoms with Crippen LogP contribution >= 0.6 is 0 Å². The summed E-state index contributed by atoms with van der Waals surface area (Å²) >= 11 is 0. The van der Waals surface area contributed by atoms with Gasteiger partial charge in [0.15, 0.2) is 6.10 Å². The summed E-state index contributed by atoms with van der Waals surface area (Å²) in [6.45, 7) is 5.72. The van der Waals surface area contributed by atoms with Gasteiger partial charge >= 0.3 is 5.97 Å². The normalized spacial score (nSPS) is 11.5. The van der Waals surface area contributed by atoms with E-state index in [4.69, 9.17) is 9.47 Å². The Labute approximate surface area is 141 Å². The van der Waals surface area contributed by atoms with E-state index in [1.165, 1.54) is 0 Å². The molecule has 0 aliphatic carbocycles. The second-order valence-corrected chi connectivity index (χ2v) is 5.36. The maximum atomic E-state index is 12.2. The lowest BCUT2D eigenvalue weighted by atomic mass is 10.2. The van der Waals surface area contributed by atoms with Gasteiger partial charge in [-0.15, -0.1) is 0 Å². The minimum Gasteiger partial charge on any atom is -0.481 e. The van der Waals surface area contributed by atoms with Crippen LogP contribution in [0.15, 0.2) is 48.5 Å². The van der Waals surface area contributed by atoms with Gasteiger partial charge in [0.25, 0.3) is 5.91 Å². The van der Waals surface area contributed by atoms with Crippen LogP contribution in [0.1, 0.15) is 29.8 Å². The fourth-order valence-corrected chi connectivity index (χ4v) is 2.09. The Morgan fingerprint density at radius 3 is 2.46 bits per heavy atom. The average Bonchev–Trinajstić information content (AvgIpc) is 2.55. The van der Waals surface area contributed by atoms with Crippen LogP contribution < -0.4 is 10.1 Å². The first kappa shape index (κ1) is 17.5. The van der Waals surface area contributed by atoms with E-state index in [9.17, 15) is 9.59 Å². The zero-order chi connectivity index (χ0) is 17.5. The van der Waals surface area contributed by atoms with Crippen molar-refractivity contribution in [3.05, 3.63) is 59.7 Å². The summed E-state index contributed by atoms with van der Waals surface area (Å²) in [6, 6.07) is 14.1. The van der Waals surface area contributed by atoms with Gasteiger partial charge in [0.05, 0.1) is 12.2 Å². The number of hydrogen-bond donors (Lipinski definition) is 1. The number of benzene rings is 2. The van der Waals surface area contributed by atoms with Gasteiger partial charge in [-0.3, -0.25) is 4.79 Å². The molecule has 2 aromatic carbocycles. The molecule has 24 heavy (non-hydrogen) atoms. The van der Waals surface area contributed by atoms with E-state index >= 15 is 0 Å². The predicted octanol–water partition coefficient (Wildman–Crippen LogP) is 3.58. The lowest BCUT2D eigenvalue weighted by molar-refractivity contribution is -0.122. The summed E-state index contributed by atoms with van der Waals surface area (Å²) in [7, 11) is 0. The number of nitrogens with one attached hydrogen (secondary N) is 1. The molecule has 0 saturated carbocycles. The van der Waals surface area contributed by atoms with E-state index in [1.807, 2.05) is 31.2 Å². The van der Waals surface area contributed by atoms with Crippen LogP contribution in [-0.4, -0.2) is 24.6 Å². The molecule has 0 heterocycles. The number of rotatable bonds is 6. The Bertz CT molecular complexity index is 710. The molecule has 0 aliphatic heterocycles. The Kier molecular flexibility index (Phi) is 5.95. The summed E-state index contributed by atoms with van der Waals surface area (Å²) in [6.07, 6.45) is -0.642. The molecule has 1 atom stereocenters. The summed E-state index contributed by atoms with van der Waals surface area (Å²) in [5.41, 5.74) is 2.10. The molecule has 0 unspecified atom stereocenters. The maximum Gasteiger partial charge on any atom is 0.338 e. The topological polar surface area (TPSA) is 64.6 Å². The molecule has 0 fully saturated rings. The van der Waals surface area contributed by atoms with Crippen LogP contribution in [-0.2, 0) is 9.53 Å². The average molecular weight is 327 g/mol. The molecule has 5 heteroatoms. The first-order valence-corrected chi connectivity index (χ1v) is 7.81. The van der Waals surface area contributed by atoms with Crippen LogP contribution in [0.3, 0.4) is 0 Å². The molecule has 0 spiro atoms. The van der Waals surface area contributed by atoms with Crippen molar-refractivity contribution >= 4 is 17.6 Å². The highest BCUT2D eigenvalue weighted by Gasteiger charge is 2.15. The van der Waals surface area contributed by atoms with Crippen molar-refractivity contribution in [3.63, 3.8) is 0 Å². The standard InChI is InChI=1S/C19H21NO4/c1-4-23-19(22)15-8-10-16(11-9-15)20-18(21)14(3)24-17-7-5-6-13(2)12-17/h5-12,14H,4H2,1-3H3,(H,20,21)/t14-/m0/s1. The van der Waals surface area contributed by atoms with Crippen molar-refractivity contribution < 1.29 is 19.1 Å². The molecule has 0 saturated heterocycles. The zero-order valence-electron chi connectivity index (χ0n) is 14.0. The number of carbonyl (C=O) groups excluding carboxylic acids is 2. The number of anilines is 1. The highest BCUT2D eigenvalue weighted by Crippen LogP contribution is 2.16. The van der Waals surface area contributed by atoms with Crippen LogP contribution in [0.4, 0.5) is 5.69 Å². The molecular formula is C19H21NO4. The van der Waals surface area contributed by atoms with E-state index in [1.54, 1.807) is 38.1 Å². The van der Waals surface area contributed by atoms with Crippen molar-refractivity contribution in [3.8, 4) is 5.75 Å². The first-order valence-electron chi connectivity index (χ1n) is 7.81. The van der Waals surface area contributed by atoms with Crippen LogP contribution in [0.25, 0.3) is 0 Å². The Hall–Kier alpha value is -2.82. The molecule has 2 rings (SSSR count). The number of aryl methyl sites for hydroxylation is 1. The maximum absolute atomic E-state index is 12.2. The number of carbonyl (C=O) groups is 2. The number of hydrogen-bond acceptors (Lipinski definition) is 4. The Morgan fingerprint density at radius 2 is 1.83 bits per heavy atom. The van der Waals surface area contributed by atoms with Gasteiger partial charge in [-0.25, -0.2) is 4.79 Å². The van der Waals surface area contributed by atoms with Crippen molar-refractivity contribution in [2.75, 3.05) is 11.9 Å². The fraction of sp³-hybridized carbons (Fsp3) is 0.263. The van der Waals surface area contributed by atoms with E-state index in [0.29, 0.717) is 23.6 Å². The van der Waals surface area contributed by atoms with Crippen molar-refractivity contribution in [2.24, 2.45) is 0 Å². The third kappa shape index (κ3) is 4.84. The smallest absolute Gasteiger partial charge is 0.338 e. The summed E-state index contributed by atoms with van der Waals surface area (Å²) in [5, 5.41) is 2.76. The number of esters is 1. The summed E-state index contributed by atoms with van der Waals surface area (Å²) in [4.78, 5) is 23.8. The molecule has 0 aliphatic rings. The monoisotopic (exact) mass is 327 g/mol.